The molecule has 1 atom stereocenters. The Morgan fingerprint density at radius 1 is 1.50 bits per heavy atom. The highest BCUT2D eigenvalue weighted by Gasteiger charge is 2.21. The lowest BCUT2D eigenvalue weighted by Crippen LogP contribution is -2.37. The maximum absolute atomic E-state index is 11.0. The monoisotopic (exact) mass is 219 g/mol. The standard InChI is InChI=1S/C13H17NO2/c1-9(15)14-11-7-6-10-4-3-5-13(16-2)12(10)8-11/h3-5,11H,6-8H2,1-2H3,(H,14,15)/t11-/m1/s1. The summed E-state index contributed by atoms with van der Waals surface area (Å²) in [5.74, 6) is 0.982. The highest BCUT2D eigenvalue weighted by Crippen LogP contribution is 2.29. The lowest BCUT2D eigenvalue weighted by atomic mass is 9.87. The molecular formula is C13H17NO2. The molecule has 0 aliphatic heterocycles. The van der Waals surface area contributed by atoms with Crippen molar-refractivity contribution < 1.29 is 9.53 Å². The second-order valence-corrected chi connectivity index (χ2v) is 4.24. The molecule has 1 aromatic rings. The summed E-state index contributed by atoms with van der Waals surface area (Å²) in [5.41, 5.74) is 2.59. The number of fused-ring (bicyclic) bond motifs is 1. The van der Waals surface area contributed by atoms with Crippen molar-refractivity contribution in [2.45, 2.75) is 32.2 Å². The van der Waals surface area contributed by atoms with E-state index in [1.807, 2.05) is 12.1 Å². The van der Waals surface area contributed by atoms with Gasteiger partial charge in [0, 0.05) is 13.0 Å². The molecule has 0 saturated heterocycles. The Morgan fingerprint density at radius 2 is 2.31 bits per heavy atom. The molecule has 16 heavy (non-hydrogen) atoms. The molecule has 3 nitrogen and oxygen atoms in total. The van der Waals surface area contributed by atoms with Gasteiger partial charge in [-0.15, -0.1) is 0 Å². The zero-order chi connectivity index (χ0) is 11.5. The Morgan fingerprint density at radius 3 is 3.00 bits per heavy atom. The largest absolute Gasteiger partial charge is 0.496 e. The van der Waals surface area contributed by atoms with Gasteiger partial charge in [-0.05, 0) is 36.5 Å². The van der Waals surface area contributed by atoms with Crippen LogP contribution in [0.4, 0.5) is 0 Å². The van der Waals surface area contributed by atoms with Crippen LogP contribution in [0.1, 0.15) is 24.5 Å². The minimum absolute atomic E-state index is 0.0448. The van der Waals surface area contributed by atoms with Gasteiger partial charge in [-0.2, -0.15) is 0 Å². The first kappa shape index (κ1) is 11.0. The number of hydrogen-bond donors (Lipinski definition) is 1. The maximum Gasteiger partial charge on any atom is 0.217 e. The van der Waals surface area contributed by atoms with E-state index >= 15 is 0 Å². The van der Waals surface area contributed by atoms with Crippen LogP contribution >= 0.6 is 0 Å². The molecule has 0 saturated carbocycles. The smallest absolute Gasteiger partial charge is 0.217 e. The van der Waals surface area contributed by atoms with Crippen molar-refractivity contribution in [1.29, 1.82) is 0 Å². The molecule has 0 radical (unpaired) electrons. The van der Waals surface area contributed by atoms with Gasteiger partial charge in [0.1, 0.15) is 5.75 Å². The first-order valence-electron chi connectivity index (χ1n) is 5.62. The average molecular weight is 219 g/mol. The summed E-state index contributed by atoms with van der Waals surface area (Å²) >= 11 is 0. The van der Waals surface area contributed by atoms with Gasteiger partial charge in [-0.1, -0.05) is 12.1 Å². The minimum Gasteiger partial charge on any atom is -0.496 e. The van der Waals surface area contributed by atoms with Crippen molar-refractivity contribution in [2.75, 3.05) is 7.11 Å². The lowest BCUT2D eigenvalue weighted by molar-refractivity contribution is -0.119. The molecule has 0 spiro atoms. The number of ether oxygens (including phenoxy) is 1. The summed E-state index contributed by atoms with van der Waals surface area (Å²) in [5, 5.41) is 2.98. The topological polar surface area (TPSA) is 38.3 Å². The molecule has 0 aromatic heterocycles. The van der Waals surface area contributed by atoms with Crippen LogP contribution in [0.2, 0.25) is 0 Å². The van der Waals surface area contributed by atoms with E-state index in [9.17, 15) is 4.79 Å². The van der Waals surface area contributed by atoms with Crippen LogP contribution in [0.25, 0.3) is 0 Å². The highest BCUT2D eigenvalue weighted by molar-refractivity contribution is 5.73. The number of aryl methyl sites for hydroxylation is 1. The van der Waals surface area contributed by atoms with E-state index in [0.717, 1.165) is 25.0 Å². The lowest BCUT2D eigenvalue weighted by Gasteiger charge is -2.26. The summed E-state index contributed by atoms with van der Waals surface area (Å²) in [4.78, 5) is 11.0. The van der Waals surface area contributed by atoms with Crippen LogP contribution in [0, 0.1) is 0 Å². The van der Waals surface area contributed by atoms with Crippen LogP contribution in [-0.4, -0.2) is 19.1 Å². The maximum atomic E-state index is 11.0. The minimum atomic E-state index is 0.0448. The third-order valence-electron chi connectivity index (χ3n) is 3.07. The van der Waals surface area contributed by atoms with Crippen molar-refractivity contribution in [3.05, 3.63) is 29.3 Å². The third-order valence-corrected chi connectivity index (χ3v) is 3.07. The van der Waals surface area contributed by atoms with Gasteiger partial charge in [0.05, 0.1) is 7.11 Å². The normalized spacial score (nSPS) is 18.8. The van der Waals surface area contributed by atoms with E-state index in [2.05, 4.69) is 11.4 Å². The van der Waals surface area contributed by atoms with E-state index < -0.39 is 0 Å². The van der Waals surface area contributed by atoms with E-state index in [4.69, 9.17) is 4.74 Å². The summed E-state index contributed by atoms with van der Waals surface area (Å²) in [6.07, 6.45) is 2.90. The van der Waals surface area contributed by atoms with Crippen molar-refractivity contribution in [2.24, 2.45) is 0 Å². The second kappa shape index (κ2) is 4.56. The van der Waals surface area contributed by atoms with Gasteiger partial charge in [0.25, 0.3) is 0 Å². The molecule has 0 bridgehead atoms. The fourth-order valence-corrected chi connectivity index (χ4v) is 2.36. The second-order valence-electron chi connectivity index (χ2n) is 4.24. The highest BCUT2D eigenvalue weighted by atomic mass is 16.5. The number of methoxy groups -OCH3 is 1. The van der Waals surface area contributed by atoms with E-state index in [1.54, 1.807) is 14.0 Å². The summed E-state index contributed by atoms with van der Waals surface area (Å²) < 4.78 is 5.35. The van der Waals surface area contributed by atoms with Gasteiger partial charge in [-0.3, -0.25) is 4.79 Å². The Labute approximate surface area is 95.8 Å². The van der Waals surface area contributed by atoms with Crippen molar-refractivity contribution in [1.82, 2.24) is 5.32 Å². The van der Waals surface area contributed by atoms with E-state index in [0.29, 0.717) is 0 Å². The van der Waals surface area contributed by atoms with Gasteiger partial charge < -0.3 is 10.1 Å². The number of benzene rings is 1. The molecule has 3 heteroatoms. The zero-order valence-corrected chi connectivity index (χ0v) is 9.75. The molecule has 0 unspecified atom stereocenters. The first-order chi connectivity index (χ1) is 7.70. The first-order valence-corrected chi connectivity index (χ1v) is 5.62. The number of carbonyl (C=O) groups is 1. The van der Waals surface area contributed by atoms with Gasteiger partial charge in [-0.25, -0.2) is 0 Å². The molecule has 0 fully saturated rings. The SMILES string of the molecule is COc1cccc2c1C[C@H](NC(C)=O)CC2. The molecule has 1 aliphatic rings. The fraction of sp³-hybridized carbons (Fsp3) is 0.462. The zero-order valence-electron chi connectivity index (χ0n) is 9.75. The Bertz CT molecular complexity index is 387. The molecule has 1 aliphatic carbocycles. The summed E-state index contributed by atoms with van der Waals surface area (Å²) in [6, 6.07) is 6.40. The van der Waals surface area contributed by atoms with Crippen LogP contribution in [0.15, 0.2) is 18.2 Å². The number of amides is 1. The van der Waals surface area contributed by atoms with Crippen LogP contribution in [0.5, 0.6) is 5.75 Å². The predicted molar refractivity (Wildman–Crippen MR) is 62.6 cm³/mol. The van der Waals surface area contributed by atoms with Gasteiger partial charge >= 0.3 is 0 Å². The summed E-state index contributed by atoms with van der Waals surface area (Å²) in [6.45, 7) is 1.57. The molecule has 86 valence electrons. The fourth-order valence-electron chi connectivity index (χ4n) is 2.36. The number of nitrogens with one attached hydrogen (secondary N) is 1. The average Bonchev–Trinajstić information content (AvgIpc) is 2.27. The summed E-state index contributed by atoms with van der Waals surface area (Å²) in [7, 11) is 1.69. The van der Waals surface area contributed by atoms with Gasteiger partial charge in [0.15, 0.2) is 0 Å². The van der Waals surface area contributed by atoms with E-state index in [1.165, 1.54) is 11.1 Å². The van der Waals surface area contributed by atoms with Crippen molar-refractivity contribution in [3.8, 4) is 5.75 Å². The molecule has 1 N–H and O–H groups in total. The Kier molecular flexibility index (Phi) is 3.13. The number of rotatable bonds is 2. The predicted octanol–water partition coefficient (Wildman–Crippen LogP) is 1.69. The molecular weight excluding hydrogens is 202 g/mol. The Hall–Kier alpha value is -1.51. The third kappa shape index (κ3) is 2.18. The quantitative estimate of drug-likeness (QED) is 0.822. The Balaban J connectivity index is 2.21. The van der Waals surface area contributed by atoms with Crippen molar-refractivity contribution in [3.63, 3.8) is 0 Å². The molecule has 0 heterocycles. The van der Waals surface area contributed by atoms with Crippen molar-refractivity contribution >= 4 is 5.91 Å². The molecule has 1 aromatic carbocycles. The van der Waals surface area contributed by atoms with E-state index in [-0.39, 0.29) is 11.9 Å². The molecule has 2 rings (SSSR count). The van der Waals surface area contributed by atoms with Gasteiger partial charge in [0.2, 0.25) is 5.91 Å². The number of carbonyl (C=O) groups excluding carboxylic acids is 1. The van der Waals surface area contributed by atoms with Crippen LogP contribution in [-0.2, 0) is 17.6 Å². The number of hydrogen-bond acceptors (Lipinski definition) is 2. The van der Waals surface area contributed by atoms with Crippen LogP contribution in [0.3, 0.4) is 0 Å². The van der Waals surface area contributed by atoms with Crippen LogP contribution < -0.4 is 10.1 Å². The molecule has 1 amide bonds.